The SMILES string of the molecule is C=N/C=C(\C=C/C)c1cccc(-n2c3cccnc3c3ccc4c(ccn4-c4ccccc4)c32)n1. The molecule has 0 aliphatic rings. The van der Waals surface area contributed by atoms with Gasteiger partial charge in [0.15, 0.2) is 0 Å². The Hall–Kier alpha value is -4.77. The van der Waals surface area contributed by atoms with Crippen LogP contribution in [0.15, 0.2) is 115 Å². The van der Waals surface area contributed by atoms with Crippen LogP contribution in [-0.2, 0) is 0 Å². The molecule has 4 aromatic heterocycles. The number of hydrogen-bond donors (Lipinski definition) is 0. The highest BCUT2D eigenvalue weighted by Crippen LogP contribution is 2.36. The predicted octanol–water partition coefficient (Wildman–Crippen LogP) is 7.14. The van der Waals surface area contributed by atoms with Gasteiger partial charge in [-0.15, -0.1) is 0 Å². The van der Waals surface area contributed by atoms with Gasteiger partial charge in [0.2, 0.25) is 0 Å². The van der Waals surface area contributed by atoms with E-state index in [1.807, 2.05) is 55.6 Å². The number of para-hydroxylation sites is 1. The Morgan fingerprint density at radius 1 is 0.886 bits per heavy atom. The molecule has 2 aromatic carbocycles. The van der Waals surface area contributed by atoms with Crippen LogP contribution in [0.4, 0.5) is 0 Å². The molecular weight excluding hydrogens is 430 g/mol. The first kappa shape index (κ1) is 20.8. The van der Waals surface area contributed by atoms with Gasteiger partial charge in [0.25, 0.3) is 0 Å². The van der Waals surface area contributed by atoms with E-state index >= 15 is 0 Å². The minimum Gasteiger partial charge on any atom is -0.316 e. The van der Waals surface area contributed by atoms with Crippen molar-refractivity contribution in [3.63, 3.8) is 0 Å². The number of hydrogen-bond acceptors (Lipinski definition) is 3. The average molecular weight is 454 g/mol. The lowest BCUT2D eigenvalue weighted by atomic mass is 10.1. The number of aliphatic imine (C=N–C) groups is 1. The zero-order valence-corrected chi connectivity index (χ0v) is 19.3. The van der Waals surface area contributed by atoms with E-state index in [4.69, 9.17) is 9.97 Å². The summed E-state index contributed by atoms with van der Waals surface area (Å²) in [6.07, 6.45) is 9.68. The van der Waals surface area contributed by atoms with Gasteiger partial charge in [-0.05, 0) is 68.2 Å². The van der Waals surface area contributed by atoms with Gasteiger partial charge in [-0.2, -0.15) is 0 Å². The van der Waals surface area contributed by atoms with E-state index in [1.165, 1.54) is 0 Å². The highest BCUT2D eigenvalue weighted by molar-refractivity contribution is 6.17. The fourth-order valence-corrected chi connectivity index (χ4v) is 4.77. The van der Waals surface area contributed by atoms with Crippen LogP contribution in [0.3, 0.4) is 0 Å². The van der Waals surface area contributed by atoms with Gasteiger partial charge in [0, 0.05) is 40.6 Å². The van der Waals surface area contributed by atoms with Crippen molar-refractivity contribution < 1.29 is 0 Å². The van der Waals surface area contributed by atoms with Crippen LogP contribution in [0, 0.1) is 0 Å². The van der Waals surface area contributed by atoms with Crippen molar-refractivity contribution in [3.05, 3.63) is 115 Å². The smallest absolute Gasteiger partial charge is 0.138 e. The van der Waals surface area contributed by atoms with Crippen molar-refractivity contribution in [3.8, 4) is 11.5 Å². The molecule has 0 bridgehead atoms. The van der Waals surface area contributed by atoms with Gasteiger partial charge in [-0.25, -0.2) is 4.98 Å². The monoisotopic (exact) mass is 453 g/mol. The molecule has 0 aliphatic carbocycles. The van der Waals surface area contributed by atoms with Crippen LogP contribution in [0.25, 0.3) is 49.9 Å². The summed E-state index contributed by atoms with van der Waals surface area (Å²) in [5.41, 5.74) is 7.07. The van der Waals surface area contributed by atoms with Gasteiger partial charge in [0.1, 0.15) is 5.82 Å². The van der Waals surface area contributed by atoms with E-state index in [2.05, 4.69) is 75.6 Å². The highest BCUT2D eigenvalue weighted by atomic mass is 15.1. The Balaban J connectivity index is 1.68. The number of pyridine rings is 2. The molecule has 0 amide bonds. The molecule has 35 heavy (non-hydrogen) atoms. The van der Waals surface area contributed by atoms with Crippen molar-refractivity contribution in [2.75, 3.05) is 0 Å². The summed E-state index contributed by atoms with van der Waals surface area (Å²) in [6, 6.07) is 27.1. The summed E-state index contributed by atoms with van der Waals surface area (Å²) in [5.74, 6) is 0.829. The molecule has 0 fully saturated rings. The molecule has 168 valence electrons. The lowest BCUT2D eigenvalue weighted by molar-refractivity contribution is 1.07. The van der Waals surface area contributed by atoms with E-state index in [0.717, 1.165) is 55.6 Å². The van der Waals surface area contributed by atoms with Crippen LogP contribution in [0.2, 0.25) is 0 Å². The Bertz CT molecular complexity index is 1770. The third-order valence-corrected chi connectivity index (χ3v) is 6.22. The number of rotatable bonds is 5. The highest BCUT2D eigenvalue weighted by Gasteiger charge is 2.18. The molecule has 0 radical (unpaired) electrons. The van der Waals surface area contributed by atoms with E-state index < -0.39 is 0 Å². The van der Waals surface area contributed by atoms with Crippen LogP contribution in [0.1, 0.15) is 12.6 Å². The zero-order valence-electron chi connectivity index (χ0n) is 19.3. The largest absolute Gasteiger partial charge is 0.316 e. The summed E-state index contributed by atoms with van der Waals surface area (Å²) >= 11 is 0. The molecule has 5 nitrogen and oxygen atoms in total. The Morgan fingerprint density at radius 2 is 1.77 bits per heavy atom. The molecule has 0 spiro atoms. The number of benzene rings is 2. The Kier molecular flexibility index (Phi) is 5.08. The second kappa shape index (κ2) is 8.54. The van der Waals surface area contributed by atoms with Crippen molar-refractivity contribution in [1.29, 1.82) is 0 Å². The second-order valence-electron chi connectivity index (χ2n) is 8.27. The average Bonchev–Trinajstić information content (AvgIpc) is 3.48. The lowest BCUT2D eigenvalue weighted by Crippen LogP contribution is -2.00. The third kappa shape index (κ3) is 3.37. The summed E-state index contributed by atoms with van der Waals surface area (Å²) in [7, 11) is 0. The summed E-state index contributed by atoms with van der Waals surface area (Å²) in [4.78, 5) is 13.8. The minimum atomic E-state index is 0.829. The van der Waals surface area contributed by atoms with Gasteiger partial charge in [-0.3, -0.25) is 14.5 Å². The van der Waals surface area contributed by atoms with Crippen molar-refractivity contribution >= 4 is 45.1 Å². The summed E-state index contributed by atoms with van der Waals surface area (Å²) in [5, 5.41) is 2.25. The van der Waals surface area contributed by atoms with Crippen LogP contribution in [0.5, 0.6) is 0 Å². The van der Waals surface area contributed by atoms with Gasteiger partial charge in [-0.1, -0.05) is 36.4 Å². The van der Waals surface area contributed by atoms with E-state index in [9.17, 15) is 0 Å². The zero-order chi connectivity index (χ0) is 23.8. The first-order chi connectivity index (χ1) is 17.3. The standard InChI is InChI=1S/C30H23N5/c1-3-9-21(20-31-2)25-12-7-14-28(33-25)35-27-13-8-18-32-29(27)24-15-16-26-23(30(24)35)17-19-34(26)22-10-5-4-6-11-22/h3-20H,2H2,1H3/b9-3-,21-20+. The van der Waals surface area contributed by atoms with Crippen LogP contribution < -0.4 is 0 Å². The van der Waals surface area contributed by atoms with Gasteiger partial charge >= 0.3 is 0 Å². The molecule has 0 atom stereocenters. The molecular formula is C30H23N5. The molecule has 6 rings (SSSR count). The number of aromatic nitrogens is 4. The minimum absolute atomic E-state index is 0.829. The number of nitrogens with zero attached hydrogens (tertiary/aromatic N) is 5. The van der Waals surface area contributed by atoms with Crippen LogP contribution in [-0.4, -0.2) is 25.8 Å². The topological polar surface area (TPSA) is 48.0 Å². The summed E-state index contributed by atoms with van der Waals surface area (Å²) in [6.45, 7) is 5.60. The fraction of sp³-hybridized carbons (Fsp3) is 0.0333. The molecule has 0 N–H and O–H groups in total. The maximum Gasteiger partial charge on any atom is 0.138 e. The molecule has 0 unspecified atom stereocenters. The fourth-order valence-electron chi connectivity index (χ4n) is 4.77. The van der Waals surface area contributed by atoms with Gasteiger partial charge in [0.05, 0.1) is 27.8 Å². The maximum atomic E-state index is 5.05. The number of fused-ring (bicyclic) bond motifs is 5. The molecule has 4 heterocycles. The second-order valence-corrected chi connectivity index (χ2v) is 8.27. The first-order valence-corrected chi connectivity index (χ1v) is 11.5. The summed E-state index contributed by atoms with van der Waals surface area (Å²) < 4.78 is 4.43. The van der Waals surface area contributed by atoms with Crippen molar-refractivity contribution in [2.24, 2.45) is 4.99 Å². The Morgan fingerprint density at radius 3 is 2.60 bits per heavy atom. The van der Waals surface area contributed by atoms with E-state index in [1.54, 1.807) is 6.20 Å². The van der Waals surface area contributed by atoms with Crippen molar-refractivity contribution in [1.82, 2.24) is 19.1 Å². The quantitative estimate of drug-likeness (QED) is 0.206. The molecule has 0 aliphatic heterocycles. The lowest BCUT2D eigenvalue weighted by Gasteiger charge is -2.10. The van der Waals surface area contributed by atoms with Crippen LogP contribution >= 0.6 is 0 Å². The van der Waals surface area contributed by atoms with Gasteiger partial charge < -0.3 is 4.57 Å². The number of allylic oxidation sites excluding steroid dienone is 3. The van der Waals surface area contributed by atoms with Crippen molar-refractivity contribution in [2.45, 2.75) is 6.92 Å². The molecule has 6 aromatic rings. The predicted molar refractivity (Wildman–Crippen MR) is 146 cm³/mol. The first-order valence-electron chi connectivity index (χ1n) is 11.5. The van der Waals surface area contributed by atoms with E-state index in [-0.39, 0.29) is 0 Å². The molecule has 0 saturated carbocycles. The third-order valence-electron chi connectivity index (χ3n) is 6.22. The van der Waals surface area contributed by atoms with E-state index in [0.29, 0.717) is 0 Å². The normalized spacial score (nSPS) is 12.3. The molecule has 0 saturated heterocycles. The maximum absolute atomic E-state index is 5.05. The Labute approximate surface area is 203 Å². The molecule has 5 heteroatoms.